The van der Waals surface area contributed by atoms with Crippen LogP contribution < -0.4 is 5.56 Å². The zero-order valence-corrected chi connectivity index (χ0v) is 10.4. The second kappa shape index (κ2) is 5.63. The van der Waals surface area contributed by atoms with Crippen molar-refractivity contribution in [3.63, 3.8) is 0 Å². The van der Waals surface area contributed by atoms with E-state index in [9.17, 15) is 9.59 Å². The minimum Gasteiger partial charge on any atom is -0.395 e. The molecule has 0 bridgehead atoms. The number of nitrogens with one attached hydrogen (secondary N) is 1. The number of aliphatic hydroxyl groups excluding tert-OH is 1. The largest absolute Gasteiger partial charge is 0.395 e. The zero-order valence-electron chi connectivity index (χ0n) is 10.4. The summed E-state index contributed by atoms with van der Waals surface area (Å²) in [5.74, 6) is -0.352. The Morgan fingerprint density at radius 2 is 2.12 bits per heavy atom. The number of pyridine rings is 1. The maximum absolute atomic E-state index is 12.1. The van der Waals surface area contributed by atoms with Crippen molar-refractivity contribution in [2.24, 2.45) is 0 Å². The van der Waals surface area contributed by atoms with Gasteiger partial charge in [0.15, 0.2) is 0 Å². The summed E-state index contributed by atoms with van der Waals surface area (Å²) in [6.45, 7) is 5.55. The van der Waals surface area contributed by atoms with Crippen LogP contribution in [0.3, 0.4) is 0 Å². The van der Waals surface area contributed by atoms with Crippen LogP contribution in [0.15, 0.2) is 16.9 Å². The van der Waals surface area contributed by atoms with Gasteiger partial charge in [-0.2, -0.15) is 0 Å². The molecule has 1 rings (SSSR count). The number of hydrogen-bond acceptors (Lipinski definition) is 3. The first kappa shape index (κ1) is 13.4. The molecule has 1 aromatic rings. The summed E-state index contributed by atoms with van der Waals surface area (Å²) >= 11 is 0. The molecule has 0 fully saturated rings. The van der Waals surface area contributed by atoms with Crippen LogP contribution in [0.5, 0.6) is 0 Å². The maximum atomic E-state index is 12.1. The predicted octanol–water partition coefficient (Wildman–Crippen LogP) is 0.526. The number of amides is 1. The highest BCUT2D eigenvalue weighted by molar-refractivity contribution is 5.94. The lowest BCUT2D eigenvalue weighted by molar-refractivity contribution is 0.0663. The van der Waals surface area contributed by atoms with Crippen LogP contribution in [0, 0.1) is 6.92 Å². The number of carbonyl (C=O) groups excluding carboxylic acids is 1. The molecule has 2 N–H and O–H groups in total. The number of hydrogen-bond donors (Lipinski definition) is 2. The van der Waals surface area contributed by atoms with E-state index in [4.69, 9.17) is 5.11 Å². The Labute approximate surface area is 100 Å². The third-order valence-electron chi connectivity index (χ3n) is 2.51. The number of aliphatic hydroxyl groups is 1. The highest BCUT2D eigenvalue weighted by atomic mass is 16.3. The van der Waals surface area contributed by atoms with Crippen LogP contribution in [0.4, 0.5) is 0 Å². The molecular weight excluding hydrogens is 220 g/mol. The van der Waals surface area contributed by atoms with Crippen molar-refractivity contribution in [2.45, 2.75) is 26.8 Å². The molecule has 1 heterocycles. The fraction of sp³-hybridized carbons (Fsp3) is 0.500. The van der Waals surface area contributed by atoms with E-state index in [0.29, 0.717) is 5.69 Å². The Kier molecular flexibility index (Phi) is 4.45. The minimum absolute atomic E-state index is 0.0599. The smallest absolute Gasteiger partial charge is 0.260 e. The van der Waals surface area contributed by atoms with Crippen molar-refractivity contribution in [3.05, 3.63) is 33.7 Å². The number of aromatic amines is 1. The van der Waals surface area contributed by atoms with Crippen LogP contribution in [-0.4, -0.2) is 40.1 Å². The summed E-state index contributed by atoms with van der Waals surface area (Å²) in [6, 6.07) is 3.14. The minimum atomic E-state index is -0.390. The molecule has 0 aliphatic carbocycles. The quantitative estimate of drug-likeness (QED) is 0.803. The molecule has 0 spiro atoms. The van der Waals surface area contributed by atoms with Gasteiger partial charge in [-0.1, -0.05) is 0 Å². The lowest BCUT2D eigenvalue weighted by Crippen LogP contribution is -2.41. The van der Waals surface area contributed by atoms with Gasteiger partial charge in [-0.25, -0.2) is 0 Å². The summed E-state index contributed by atoms with van der Waals surface area (Å²) in [5.41, 5.74) is 0.432. The third-order valence-corrected chi connectivity index (χ3v) is 2.51. The molecule has 1 aromatic heterocycles. The topological polar surface area (TPSA) is 73.4 Å². The van der Waals surface area contributed by atoms with Gasteiger partial charge in [0, 0.05) is 18.3 Å². The van der Waals surface area contributed by atoms with Gasteiger partial charge in [-0.05, 0) is 32.9 Å². The first-order valence-electron chi connectivity index (χ1n) is 5.59. The van der Waals surface area contributed by atoms with Gasteiger partial charge < -0.3 is 15.0 Å². The molecule has 0 radical (unpaired) electrons. The van der Waals surface area contributed by atoms with Gasteiger partial charge >= 0.3 is 0 Å². The number of rotatable bonds is 4. The van der Waals surface area contributed by atoms with Crippen molar-refractivity contribution in [3.8, 4) is 0 Å². The molecule has 0 aliphatic rings. The molecule has 0 aromatic carbocycles. The average Bonchev–Trinajstić information content (AvgIpc) is 2.24. The number of aryl methyl sites for hydroxylation is 1. The lowest BCUT2D eigenvalue weighted by atomic mass is 10.2. The van der Waals surface area contributed by atoms with E-state index in [1.807, 2.05) is 13.8 Å². The normalized spacial score (nSPS) is 10.6. The zero-order chi connectivity index (χ0) is 13.0. The van der Waals surface area contributed by atoms with Gasteiger partial charge in [0.1, 0.15) is 5.56 Å². The molecule has 5 heteroatoms. The summed E-state index contributed by atoms with van der Waals surface area (Å²) in [4.78, 5) is 27.8. The fourth-order valence-electron chi connectivity index (χ4n) is 1.60. The van der Waals surface area contributed by atoms with E-state index in [0.717, 1.165) is 0 Å². The summed E-state index contributed by atoms with van der Waals surface area (Å²) in [7, 11) is 0. The Morgan fingerprint density at radius 3 is 2.59 bits per heavy atom. The third kappa shape index (κ3) is 3.17. The first-order chi connectivity index (χ1) is 7.97. The van der Waals surface area contributed by atoms with E-state index in [1.165, 1.54) is 11.0 Å². The SMILES string of the molecule is Cc1ccc(C(=O)N(CCO)C(C)C)c(=O)[nH]1. The van der Waals surface area contributed by atoms with Crippen molar-refractivity contribution in [1.29, 1.82) is 0 Å². The lowest BCUT2D eigenvalue weighted by Gasteiger charge is -2.25. The van der Waals surface area contributed by atoms with E-state index < -0.39 is 5.56 Å². The maximum Gasteiger partial charge on any atom is 0.260 e. The standard InChI is InChI=1S/C12H18N2O3/c1-8(2)14(6-7-15)12(17)10-5-4-9(3)13-11(10)16/h4-5,8,15H,6-7H2,1-3H3,(H,13,16). The fourth-order valence-corrected chi connectivity index (χ4v) is 1.60. The van der Waals surface area contributed by atoms with E-state index >= 15 is 0 Å². The van der Waals surface area contributed by atoms with E-state index in [2.05, 4.69) is 4.98 Å². The Bertz CT molecular complexity index is 451. The van der Waals surface area contributed by atoms with Crippen LogP contribution in [-0.2, 0) is 0 Å². The van der Waals surface area contributed by atoms with Crippen LogP contribution in [0.2, 0.25) is 0 Å². The number of nitrogens with zero attached hydrogens (tertiary/aromatic N) is 1. The van der Waals surface area contributed by atoms with Crippen molar-refractivity contribution in [2.75, 3.05) is 13.2 Å². The average molecular weight is 238 g/mol. The molecule has 0 saturated carbocycles. The Morgan fingerprint density at radius 1 is 1.47 bits per heavy atom. The second-order valence-electron chi connectivity index (χ2n) is 4.20. The number of aromatic nitrogens is 1. The highest BCUT2D eigenvalue weighted by Gasteiger charge is 2.20. The molecule has 17 heavy (non-hydrogen) atoms. The second-order valence-corrected chi connectivity index (χ2v) is 4.20. The number of H-pyrrole nitrogens is 1. The molecule has 0 atom stereocenters. The predicted molar refractivity (Wildman–Crippen MR) is 65.1 cm³/mol. The molecular formula is C12H18N2O3. The molecule has 5 nitrogen and oxygen atoms in total. The van der Waals surface area contributed by atoms with Crippen LogP contribution in [0.1, 0.15) is 29.9 Å². The number of carbonyl (C=O) groups is 1. The van der Waals surface area contributed by atoms with Gasteiger partial charge in [-0.15, -0.1) is 0 Å². The molecule has 1 amide bonds. The Hall–Kier alpha value is -1.62. The monoisotopic (exact) mass is 238 g/mol. The van der Waals surface area contributed by atoms with Gasteiger partial charge in [0.05, 0.1) is 6.61 Å². The highest BCUT2D eigenvalue weighted by Crippen LogP contribution is 2.05. The molecule has 94 valence electrons. The van der Waals surface area contributed by atoms with Crippen LogP contribution in [0.25, 0.3) is 0 Å². The first-order valence-corrected chi connectivity index (χ1v) is 5.59. The molecule has 0 saturated heterocycles. The van der Waals surface area contributed by atoms with E-state index in [1.54, 1.807) is 13.0 Å². The van der Waals surface area contributed by atoms with Crippen molar-refractivity contribution >= 4 is 5.91 Å². The van der Waals surface area contributed by atoms with Gasteiger partial charge in [0.2, 0.25) is 0 Å². The Balaban J connectivity index is 3.05. The van der Waals surface area contributed by atoms with E-state index in [-0.39, 0.29) is 30.7 Å². The van der Waals surface area contributed by atoms with Crippen molar-refractivity contribution < 1.29 is 9.90 Å². The summed E-state index contributed by atoms with van der Waals surface area (Å²) < 4.78 is 0. The summed E-state index contributed by atoms with van der Waals surface area (Å²) in [6.07, 6.45) is 0. The summed E-state index contributed by atoms with van der Waals surface area (Å²) in [5, 5.41) is 8.91. The molecule has 0 aliphatic heterocycles. The molecule has 0 unspecified atom stereocenters. The van der Waals surface area contributed by atoms with Crippen LogP contribution >= 0.6 is 0 Å². The van der Waals surface area contributed by atoms with Crippen molar-refractivity contribution in [1.82, 2.24) is 9.88 Å². The van der Waals surface area contributed by atoms with Gasteiger partial charge in [0.25, 0.3) is 11.5 Å². The van der Waals surface area contributed by atoms with Gasteiger partial charge in [-0.3, -0.25) is 9.59 Å².